The number of anilines is 1. The smallest absolute Gasteiger partial charge is 0.416 e. The molecule has 1 aromatic heterocycles. The number of alkyl halides is 3. The molecule has 3 aromatic rings. The minimum Gasteiger partial charge on any atom is -0.451 e. The molecule has 10 heteroatoms. The Labute approximate surface area is 224 Å². The van der Waals surface area contributed by atoms with Crippen molar-refractivity contribution >= 4 is 17.5 Å². The van der Waals surface area contributed by atoms with Crippen LogP contribution in [0.3, 0.4) is 0 Å². The first kappa shape index (κ1) is 28.2. The maximum Gasteiger partial charge on any atom is 0.416 e. The Kier molecular flexibility index (Phi) is 9.27. The molecule has 0 bridgehead atoms. The molecule has 1 aliphatic rings. The number of hydrogen-bond acceptors (Lipinski definition) is 4. The second-order valence-electron chi connectivity index (χ2n) is 9.73. The quantitative estimate of drug-likeness (QED) is 0.203. The van der Waals surface area contributed by atoms with Crippen LogP contribution in [0.25, 0.3) is 11.3 Å². The molecule has 1 fully saturated rings. The van der Waals surface area contributed by atoms with Crippen molar-refractivity contribution < 1.29 is 31.6 Å². The zero-order chi connectivity index (χ0) is 27.8. The molecule has 6 nitrogen and oxygen atoms in total. The van der Waals surface area contributed by atoms with Crippen LogP contribution in [-0.4, -0.2) is 30.9 Å². The number of nitrogens with one attached hydrogen (secondary N) is 3. The lowest BCUT2D eigenvalue weighted by Gasteiger charge is -2.26. The van der Waals surface area contributed by atoms with Crippen molar-refractivity contribution in [2.75, 3.05) is 18.4 Å². The summed E-state index contributed by atoms with van der Waals surface area (Å²) in [6.07, 6.45) is 1.24. The van der Waals surface area contributed by atoms with Crippen molar-refractivity contribution in [2.45, 2.75) is 50.7 Å². The van der Waals surface area contributed by atoms with E-state index in [1.807, 2.05) is 0 Å². The molecular weight excluding hydrogens is 514 g/mol. The third-order valence-electron chi connectivity index (χ3n) is 6.82. The Balaban J connectivity index is 1.39. The molecule has 1 aliphatic carbocycles. The summed E-state index contributed by atoms with van der Waals surface area (Å²) in [5, 5.41) is 8.69. The number of halogens is 4. The summed E-state index contributed by atoms with van der Waals surface area (Å²) in [5.74, 6) is -0.973. The molecule has 1 atom stereocenters. The monoisotopic (exact) mass is 545 g/mol. The maximum absolute atomic E-state index is 13.1. The topological polar surface area (TPSA) is 83.4 Å². The zero-order valence-electron chi connectivity index (χ0n) is 21.3. The Bertz CT molecular complexity index is 1250. The van der Waals surface area contributed by atoms with E-state index < -0.39 is 23.7 Å². The van der Waals surface area contributed by atoms with Crippen LogP contribution >= 0.6 is 0 Å². The van der Waals surface area contributed by atoms with Gasteiger partial charge in [0.2, 0.25) is 5.91 Å². The van der Waals surface area contributed by atoms with Gasteiger partial charge in [-0.15, -0.1) is 0 Å². The lowest BCUT2D eigenvalue weighted by molar-refractivity contribution is -0.137. The van der Waals surface area contributed by atoms with E-state index in [4.69, 9.17) is 4.42 Å². The lowest BCUT2D eigenvalue weighted by Crippen LogP contribution is -2.48. The van der Waals surface area contributed by atoms with Gasteiger partial charge in [-0.25, -0.2) is 4.39 Å². The molecule has 0 spiro atoms. The molecule has 4 rings (SSSR count). The Morgan fingerprint density at radius 1 is 0.949 bits per heavy atom. The molecule has 0 aliphatic heterocycles. The van der Waals surface area contributed by atoms with Gasteiger partial charge in [-0.1, -0.05) is 44.2 Å². The number of benzene rings is 2. The molecule has 1 heterocycles. The zero-order valence-corrected chi connectivity index (χ0v) is 21.3. The van der Waals surface area contributed by atoms with E-state index in [1.54, 1.807) is 12.1 Å². The maximum atomic E-state index is 13.1. The summed E-state index contributed by atoms with van der Waals surface area (Å²) < 4.78 is 57.9. The van der Waals surface area contributed by atoms with Gasteiger partial charge < -0.3 is 20.4 Å². The lowest BCUT2D eigenvalue weighted by atomic mass is 9.84. The highest BCUT2D eigenvalue weighted by atomic mass is 19.4. The molecule has 0 saturated heterocycles. The number of rotatable bonds is 10. The molecule has 208 valence electrons. The van der Waals surface area contributed by atoms with Crippen molar-refractivity contribution in [1.29, 1.82) is 0 Å². The van der Waals surface area contributed by atoms with Gasteiger partial charge in [0.05, 0.1) is 5.56 Å². The normalized spacial score (nSPS) is 15.0. The largest absolute Gasteiger partial charge is 0.451 e. The second kappa shape index (κ2) is 12.8. The third kappa shape index (κ3) is 8.08. The van der Waals surface area contributed by atoms with Crippen LogP contribution < -0.4 is 16.0 Å². The minimum absolute atomic E-state index is 0.0955. The van der Waals surface area contributed by atoms with Gasteiger partial charge in [-0.2, -0.15) is 13.2 Å². The predicted octanol–water partition coefficient (Wildman–Crippen LogP) is 6.40. The highest BCUT2D eigenvalue weighted by Gasteiger charge is 2.31. The highest BCUT2D eigenvalue weighted by molar-refractivity contribution is 5.96. The van der Waals surface area contributed by atoms with Gasteiger partial charge in [0.15, 0.2) is 5.76 Å². The molecule has 1 saturated carbocycles. The van der Waals surface area contributed by atoms with E-state index in [0.29, 0.717) is 24.6 Å². The van der Waals surface area contributed by atoms with Gasteiger partial charge in [0.1, 0.15) is 17.6 Å². The van der Waals surface area contributed by atoms with Crippen molar-refractivity contribution in [1.82, 2.24) is 10.6 Å². The summed E-state index contributed by atoms with van der Waals surface area (Å²) in [5.41, 5.74) is 0.0849. The van der Waals surface area contributed by atoms with Crippen LogP contribution in [0.5, 0.6) is 0 Å². The first-order chi connectivity index (χ1) is 18.7. The Hall–Kier alpha value is -3.82. The SMILES string of the molecule is O=C(N[C@@H](CC1CCCCC1)C(=O)NCCNc1ccc(F)cc1)c1ccc(-c2cccc(C(F)(F)F)c2)o1. The van der Waals surface area contributed by atoms with Gasteiger partial charge in [0, 0.05) is 24.3 Å². The molecular formula is C29H31F4N3O3. The second-order valence-corrected chi connectivity index (χ2v) is 9.73. The van der Waals surface area contributed by atoms with Crippen LogP contribution in [0.4, 0.5) is 23.2 Å². The molecule has 2 aromatic carbocycles. The third-order valence-corrected chi connectivity index (χ3v) is 6.82. The van der Waals surface area contributed by atoms with E-state index in [-0.39, 0.29) is 35.4 Å². The molecule has 3 N–H and O–H groups in total. The molecule has 2 amide bonds. The average molecular weight is 546 g/mol. The average Bonchev–Trinajstić information content (AvgIpc) is 3.43. The van der Waals surface area contributed by atoms with Crippen molar-refractivity contribution in [3.05, 3.63) is 77.8 Å². The van der Waals surface area contributed by atoms with Gasteiger partial charge in [-0.3, -0.25) is 9.59 Å². The van der Waals surface area contributed by atoms with E-state index in [0.717, 1.165) is 44.2 Å². The van der Waals surface area contributed by atoms with Crippen LogP contribution in [0.2, 0.25) is 0 Å². The van der Waals surface area contributed by atoms with Crippen LogP contribution in [0, 0.1) is 11.7 Å². The van der Waals surface area contributed by atoms with Crippen LogP contribution in [0.15, 0.2) is 65.1 Å². The minimum atomic E-state index is -4.50. The Morgan fingerprint density at radius 2 is 1.69 bits per heavy atom. The fourth-order valence-electron chi connectivity index (χ4n) is 4.76. The van der Waals surface area contributed by atoms with E-state index in [1.165, 1.54) is 36.4 Å². The summed E-state index contributed by atoms with van der Waals surface area (Å²) in [7, 11) is 0. The van der Waals surface area contributed by atoms with Crippen molar-refractivity contribution in [2.24, 2.45) is 5.92 Å². The fraction of sp³-hybridized carbons (Fsp3) is 0.379. The molecule has 39 heavy (non-hydrogen) atoms. The summed E-state index contributed by atoms with van der Waals surface area (Å²) in [4.78, 5) is 26.1. The number of hydrogen-bond donors (Lipinski definition) is 3. The van der Waals surface area contributed by atoms with E-state index in [2.05, 4.69) is 16.0 Å². The highest BCUT2D eigenvalue weighted by Crippen LogP contribution is 2.33. The Morgan fingerprint density at radius 3 is 2.41 bits per heavy atom. The number of carbonyl (C=O) groups excluding carboxylic acids is 2. The molecule has 0 radical (unpaired) electrons. The first-order valence-electron chi connectivity index (χ1n) is 13.0. The number of amides is 2. The molecule has 0 unspecified atom stereocenters. The standard InChI is InChI=1S/C29H31F4N3O3/c30-22-9-11-23(12-10-22)34-15-16-35-27(37)24(17-19-5-2-1-3-6-19)36-28(38)26-14-13-25(39-26)20-7-4-8-21(18-20)29(31,32)33/h4,7-14,18-19,24,34H,1-3,5-6,15-17H2,(H,35,37)(H,36,38)/t24-/m0/s1. The van der Waals surface area contributed by atoms with Crippen LogP contribution in [-0.2, 0) is 11.0 Å². The van der Waals surface area contributed by atoms with E-state index in [9.17, 15) is 27.2 Å². The van der Waals surface area contributed by atoms with Crippen LogP contribution in [0.1, 0.15) is 54.6 Å². The number of furan rings is 1. The summed E-state index contributed by atoms with van der Waals surface area (Å²) >= 11 is 0. The summed E-state index contributed by atoms with van der Waals surface area (Å²) in [6, 6.07) is 12.5. The van der Waals surface area contributed by atoms with E-state index >= 15 is 0 Å². The van der Waals surface area contributed by atoms with Gasteiger partial charge in [0.25, 0.3) is 5.91 Å². The predicted molar refractivity (Wildman–Crippen MR) is 139 cm³/mol. The van der Waals surface area contributed by atoms with Gasteiger partial charge in [-0.05, 0) is 60.9 Å². The summed E-state index contributed by atoms with van der Waals surface area (Å²) in [6.45, 7) is 0.688. The fourth-order valence-corrected chi connectivity index (χ4v) is 4.76. The van der Waals surface area contributed by atoms with Crippen molar-refractivity contribution in [3.63, 3.8) is 0 Å². The first-order valence-corrected chi connectivity index (χ1v) is 13.0. The van der Waals surface area contributed by atoms with Gasteiger partial charge >= 0.3 is 6.18 Å². The van der Waals surface area contributed by atoms with Crippen molar-refractivity contribution in [3.8, 4) is 11.3 Å². The number of carbonyl (C=O) groups is 2.